The molecule has 19 heavy (non-hydrogen) atoms. The van der Waals surface area contributed by atoms with Gasteiger partial charge in [0.05, 0.1) is 13.2 Å². The van der Waals surface area contributed by atoms with Crippen molar-refractivity contribution < 1.29 is 9.26 Å². The van der Waals surface area contributed by atoms with Gasteiger partial charge in [0.2, 0.25) is 11.7 Å². The van der Waals surface area contributed by atoms with E-state index in [1.54, 1.807) is 7.11 Å². The van der Waals surface area contributed by atoms with Gasteiger partial charge >= 0.3 is 0 Å². The summed E-state index contributed by atoms with van der Waals surface area (Å²) in [7, 11) is 1.63. The van der Waals surface area contributed by atoms with Crippen molar-refractivity contribution in [3.8, 4) is 17.1 Å². The molecule has 2 aromatic rings. The van der Waals surface area contributed by atoms with Crippen LogP contribution < -0.4 is 10.5 Å². The van der Waals surface area contributed by atoms with E-state index in [2.05, 4.69) is 17.1 Å². The molecule has 0 aliphatic carbocycles. The average Bonchev–Trinajstić information content (AvgIpc) is 2.94. The van der Waals surface area contributed by atoms with Crippen molar-refractivity contribution in [2.24, 2.45) is 5.73 Å². The van der Waals surface area contributed by atoms with E-state index >= 15 is 0 Å². The minimum Gasteiger partial charge on any atom is -0.497 e. The van der Waals surface area contributed by atoms with Gasteiger partial charge in [0.15, 0.2) is 0 Å². The fourth-order valence-electron chi connectivity index (χ4n) is 1.81. The van der Waals surface area contributed by atoms with E-state index in [9.17, 15) is 0 Å². The summed E-state index contributed by atoms with van der Waals surface area (Å²) in [6.45, 7) is 2.13. The Kier molecular flexibility index (Phi) is 4.52. The lowest BCUT2D eigenvalue weighted by Crippen LogP contribution is -2.10. The maximum absolute atomic E-state index is 6.01. The first-order valence-corrected chi connectivity index (χ1v) is 6.48. The van der Waals surface area contributed by atoms with E-state index in [0.717, 1.165) is 30.6 Å². The van der Waals surface area contributed by atoms with Gasteiger partial charge in [-0.3, -0.25) is 0 Å². The molecule has 2 N–H and O–H groups in total. The molecule has 0 spiro atoms. The summed E-state index contributed by atoms with van der Waals surface area (Å²) in [4.78, 5) is 4.35. The molecular weight excluding hydrogens is 242 g/mol. The normalized spacial score (nSPS) is 12.4. The molecule has 1 unspecified atom stereocenters. The fraction of sp³-hybridized carbons (Fsp3) is 0.429. The molecular formula is C14H19N3O2. The first kappa shape index (κ1) is 13.5. The van der Waals surface area contributed by atoms with Gasteiger partial charge in [0.1, 0.15) is 5.75 Å². The Balaban J connectivity index is 2.15. The largest absolute Gasteiger partial charge is 0.497 e. The van der Waals surface area contributed by atoms with Gasteiger partial charge < -0.3 is 15.0 Å². The van der Waals surface area contributed by atoms with Gasteiger partial charge in [0, 0.05) is 5.56 Å². The number of ether oxygens (including phenoxy) is 1. The molecule has 0 radical (unpaired) electrons. The third-order valence-electron chi connectivity index (χ3n) is 2.96. The predicted octanol–water partition coefficient (Wildman–Crippen LogP) is 2.94. The van der Waals surface area contributed by atoms with Crippen molar-refractivity contribution in [3.63, 3.8) is 0 Å². The van der Waals surface area contributed by atoms with Gasteiger partial charge in [0.25, 0.3) is 0 Å². The molecule has 0 fully saturated rings. The van der Waals surface area contributed by atoms with Crippen LogP contribution in [0.4, 0.5) is 0 Å². The highest BCUT2D eigenvalue weighted by Crippen LogP contribution is 2.23. The number of aromatic nitrogens is 2. The van der Waals surface area contributed by atoms with Crippen molar-refractivity contribution in [1.29, 1.82) is 0 Å². The summed E-state index contributed by atoms with van der Waals surface area (Å²) in [5, 5.41) is 3.97. The number of methoxy groups -OCH3 is 1. The van der Waals surface area contributed by atoms with Crippen molar-refractivity contribution in [3.05, 3.63) is 30.2 Å². The molecule has 0 saturated carbocycles. The van der Waals surface area contributed by atoms with E-state index in [4.69, 9.17) is 15.0 Å². The zero-order valence-corrected chi connectivity index (χ0v) is 11.3. The lowest BCUT2D eigenvalue weighted by Gasteiger charge is -2.03. The van der Waals surface area contributed by atoms with Crippen molar-refractivity contribution in [1.82, 2.24) is 10.1 Å². The Labute approximate surface area is 112 Å². The molecule has 1 atom stereocenters. The second kappa shape index (κ2) is 6.33. The van der Waals surface area contributed by atoms with Crippen molar-refractivity contribution >= 4 is 0 Å². The van der Waals surface area contributed by atoms with Crippen LogP contribution in [-0.4, -0.2) is 17.3 Å². The van der Waals surface area contributed by atoms with Gasteiger partial charge in [-0.05, 0) is 18.6 Å². The quantitative estimate of drug-likeness (QED) is 0.865. The number of nitrogens with two attached hydrogens (primary N) is 1. The second-order valence-corrected chi connectivity index (χ2v) is 4.44. The average molecular weight is 261 g/mol. The maximum atomic E-state index is 6.01. The molecule has 0 amide bonds. The van der Waals surface area contributed by atoms with Crippen LogP contribution in [0.1, 0.15) is 38.1 Å². The molecule has 0 aliphatic heterocycles. The number of hydrogen-bond acceptors (Lipinski definition) is 5. The molecule has 1 aromatic carbocycles. The highest BCUT2D eigenvalue weighted by Gasteiger charge is 2.15. The number of rotatable bonds is 6. The highest BCUT2D eigenvalue weighted by atomic mass is 16.5. The van der Waals surface area contributed by atoms with Gasteiger partial charge in [-0.1, -0.05) is 37.1 Å². The molecule has 1 aromatic heterocycles. The first-order chi connectivity index (χ1) is 9.24. The summed E-state index contributed by atoms with van der Waals surface area (Å²) in [6, 6.07) is 7.35. The lowest BCUT2D eigenvalue weighted by atomic mass is 10.1. The van der Waals surface area contributed by atoms with Crippen LogP contribution in [-0.2, 0) is 0 Å². The van der Waals surface area contributed by atoms with E-state index in [0.29, 0.717) is 11.7 Å². The smallest absolute Gasteiger partial charge is 0.243 e. The van der Waals surface area contributed by atoms with E-state index in [1.807, 2.05) is 24.3 Å². The lowest BCUT2D eigenvalue weighted by molar-refractivity contribution is 0.346. The zero-order chi connectivity index (χ0) is 13.7. The van der Waals surface area contributed by atoms with Gasteiger partial charge in [-0.2, -0.15) is 4.98 Å². The number of hydrogen-bond donors (Lipinski definition) is 1. The molecule has 102 valence electrons. The third kappa shape index (κ3) is 3.32. The van der Waals surface area contributed by atoms with Crippen LogP contribution in [0, 0.1) is 0 Å². The monoisotopic (exact) mass is 261 g/mol. The third-order valence-corrected chi connectivity index (χ3v) is 2.96. The van der Waals surface area contributed by atoms with Crippen molar-refractivity contribution in [2.45, 2.75) is 32.2 Å². The summed E-state index contributed by atoms with van der Waals surface area (Å²) >= 11 is 0. The Bertz CT molecular complexity index is 525. The summed E-state index contributed by atoms with van der Waals surface area (Å²) in [5.74, 6) is 1.80. The molecule has 0 saturated heterocycles. The van der Waals surface area contributed by atoms with E-state index in [1.165, 1.54) is 0 Å². The topological polar surface area (TPSA) is 74.2 Å². The summed E-state index contributed by atoms with van der Waals surface area (Å²) < 4.78 is 10.4. The number of unbranched alkanes of at least 4 members (excludes halogenated alkanes) is 1. The van der Waals surface area contributed by atoms with E-state index in [-0.39, 0.29) is 6.04 Å². The molecule has 0 aliphatic rings. The van der Waals surface area contributed by atoms with Crippen LogP contribution in [0.2, 0.25) is 0 Å². The molecule has 0 bridgehead atoms. The van der Waals surface area contributed by atoms with Gasteiger partial charge in [-0.15, -0.1) is 0 Å². The minimum atomic E-state index is -0.188. The maximum Gasteiger partial charge on any atom is 0.243 e. The molecule has 2 rings (SSSR count). The summed E-state index contributed by atoms with van der Waals surface area (Å²) in [5.41, 5.74) is 6.87. The Morgan fingerprint density at radius 1 is 1.42 bits per heavy atom. The van der Waals surface area contributed by atoms with Crippen LogP contribution >= 0.6 is 0 Å². The zero-order valence-electron chi connectivity index (χ0n) is 11.3. The molecule has 1 heterocycles. The van der Waals surface area contributed by atoms with Crippen molar-refractivity contribution in [2.75, 3.05) is 7.11 Å². The Morgan fingerprint density at radius 3 is 3.00 bits per heavy atom. The van der Waals surface area contributed by atoms with E-state index < -0.39 is 0 Å². The standard InChI is InChI=1S/C14H19N3O2/c1-3-4-8-12(15)14-16-13(17-19-14)10-6-5-7-11(9-10)18-2/h5-7,9,12H,3-4,8,15H2,1-2H3. The highest BCUT2D eigenvalue weighted by molar-refractivity contribution is 5.56. The van der Waals surface area contributed by atoms with Gasteiger partial charge in [-0.25, -0.2) is 0 Å². The van der Waals surface area contributed by atoms with Crippen LogP contribution in [0.25, 0.3) is 11.4 Å². The second-order valence-electron chi connectivity index (χ2n) is 4.44. The van der Waals surface area contributed by atoms with Crippen LogP contribution in [0.15, 0.2) is 28.8 Å². The number of nitrogens with zero attached hydrogens (tertiary/aromatic N) is 2. The van der Waals surface area contributed by atoms with Crippen LogP contribution in [0.5, 0.6) is 5.75 Å². The Morgan fingerprint density at radius 2 is 2.26 bits per heavy atom. The minimum absolute atomic E-state index is 0.188. The predicted molar refractivity (Wildman–Crippen MR) is 72.7 cm³/mol. The first-order valence-electron chi connectivity index (χ1n) is 6.48. The SMILES string of the molecule is CCCCC(N)c1nc(-c2cccc(OC)c2)no1. The van der Waals surface area contributed by atoms with Crippen LogP contribution in [0.3, 0.4) is 0 Å². The molecule has 5 heteroatoms. The number of benzene rings is 1. The summed E-state index contributed by atoms with van der Waals surface area (Å²) in [6.07, 6.45) is 3.01. The fourth-order valence-corrected chi connectivity index (χ4v) is 1.81. The molecule has 5 nitrogen and oxygen atoms in total. The Hall–Kier alpha value is -1.88.